The number of amides is 1. The average Bonchev–Trinajstić information content (AvgIpc) is 3.04. The van der Waals surface area contributed by atoms with Crippen LogP contribution in [0.25, 0.3) is 0 Å². The maximum atomic E-state index is 12.3. The van der Waals surface area contributed by atoms with Gasteiger partial charge in [-0.1, -0.05) is 25.8 Å². The summed E-state index contributed by atoms with van der Waals surface area (Å²) >= 11 is 0. The van der Waals surface area contributed by atoms with Crippen molar-refractivity contribution in [3.63, 3.8) is 0 Å². The van der Waals surface area contributed by atoms with Crippen LogP contribution in [0.5, 0.6) is 11.5 Å². The lowest BCUT2D eigenvalue weighted by Crippen LogP contribution is -2.26. The van der Waals surface area contributed by atoms with Gasteiger partial charge in [-0.3, -0.25) is 4.79 Å². The third-order valence-electron chi connectivity index (χ3n) is 4.14. The number of carbonyl (C=O) groups is 1. The van der Waals surface area contributed by atoms with Gasteiger partial charge in [-0.2, -0.15) is 0 Å². The minimum Gasteiger partial charge on any atom is -0.493 e. The zero-order chi connectivity index (χ0) is 18.2. The van der Waals surface area contributed by atoms with Gasteiger partial charge in [0.25, 0.3) is 5.91 Å². The molecule has 0 fully saturated rings. The van der Waals surface area contributed by atoms with E-state index in [0.717, 1.165) is 30.6 Å². The lowest BCUT2D eigenvalue weighted by atomic mass is 10.1. The Morgan fingerprint density at radius 3 is 2.68 bits per heavy atom. The van der Waals surface area contributed by atoms with E-state index in [1.165, 1.54) is 6.26 Å². The van der Waals surface area contributed by atoms with Gasteiger partial charge < -0.3 is 19.2 Å². The van der Waals surface area contributed by atoms with E-state index in [1.54, 1.807) is 20.1 Å². The van der Waals surface area contributed by atoms with E-state index < -0.39 is 0 Å². The molecule has 0 aliphatic carbocycles. The molecule has 25 heavy (non-hydrogen) atoms. The lowest BCUT2D eigenvalue weighted by molar-refractivity contribution is 0.0938. The largest absolute Gasteiger partial charge is 0.493 e. The van der Waals surface area contributed by atoms with Crippen molar-refractivity contribution in [3.05, 3.63) is 47.4 Å². The van der Waals surface area contributed by atoms with Crippen molar-refractivity contribution in [2.45, 2.75) is 46.1 Å². The zero-order valence-corrected chi connectivity index (χ0v) is 15.4. The van der Waals surface area contributed by atoms with Crippen LogP contribution in [0.4, 0.5) is 0 Å². The molecule has 5 heteroatoms. The Bertz CT molecular complexity index is 693. The van der Waals surface area contributed by atoms with Gasteiger partial charge in [0, 0.05) is 0 Å². The maximum absolute atomic E-state index is 12.3. The molecule has 1 amide bonds. The quantitative estimate of drug-likeness (QED) is 0.672. The van der Waals surface area contributed by atoms with Crippen LogP contribution in [-0.4, -0.2) is 19.6 Å². The summed E-state index contributed by atoms with van der Waals surface area (Å²) < 4.78 is 16.4. The molecule has 1 atom stereocenters. The molecule has 0 spiro atoms. The Balaban J connectivity index is 2.03. The molecule has 0 saturated heterocycles. The van der Waals surface area contributed by atoms with Crippen LogP contribution in [0.15, 0.2) is 34.9 Å². The molecule has 0 aliphatic heterocycles. The highest BCUT2D eigenvalue weighted by Crippen LogP contribution is 2.30. The lowest BCUT2D eigenvalue weighted by Gasteiger charge is -2.17. The number of nitrogens with one attached hydrogen (secondary N) is 1. The van der Waals surface area contributed by atoms with E-state index in [4.69, 9.17) is 13.9 Å². The minimum atomic E-state index is -0.162. The number of ether oxygens (including phenoxy) is 2. The second-order valence-corrected chi connectivity index (χ2v) is 6.05. The summed E-state index contributed by atoms with van der Waals surface area (Å²) in [5.41, 5.74) is 1.50. The van der Waals surface area contributed by atoms with Crippen LogP contribution in [0, 0.1) is 6.92 Å². The highest BCUT2D eigenvalue weighted by molar-refractivity contribution is 5.95. The molecule has 1 aromatic heterocycles. The molecular formula is C20H27NO4. The number of hydrogen-bond donors (Lipinski definition) is 1. The van der Waals surface area contributed by atoms with Crippen molar-refractivity contribution in [3.8, 4) is 11.5 Å². The molecule has 5 nitrogen and oxygen atoms in total. The van der Waals surface area contributed by atoms with Gasteiger partial charge in [0.15, 0.2) is 11.5 Å². The summed E-state index contributed by atoms with van der Waals surface area (Å²) in [6.45, 7) is 6.54. The Hall–Kier alpha value is -2.43. The van der Waals surface area contributed by atoms with Gasteiger partial charge in [0.05, 0.1) is 31.6 Å². The first-order valence-electron chi connectivity index (χ1n) is 8.72. The smallest absolute Gasteiger partial charge is 0.255 e. The number of furan rings is 1. The fourth-order valence-electron chi connectivity index (χ4n) is 2.59. The van der Waals surface area contributed by atoms with E-state index in [0.29, 0.717) is 23.7 Å². The molecule has 2 aromatic rings. The predicted molar refractivity (Wildman–Crippen MR) is 97.3 cm³/mol. The molecule has 0 radical (unpaired) electrons. The van der Waals surface area contributed by atoms with Crippen molar-refractivity contribution in [1.82, 2.24) is 5.32 Å². The molecule has 0 aliphatic rings. The number of benzene rings is 1. The summed E-state index contributed by atoms with van der Waals surface area (Å²) in [5, 5.41) is 2.97. The number of rotatable bonds is 9. The molecule has 0 unspecified atom stereocenters. The van der Waals surface area contributed by atoms with Crippen molar-refractivity contribution in [2.24, 2.45) is 0 Å². The molecule has 1 N–H and O–H groups in total. The number of hydrogen-bond acceptors (Lipinski definition) is 4. The minimum absolute atomic E-state index is 0.155. The van der Waals surface area contributed by atoms with Crippen LogP contribution in [0.2, 0.25) is 0 Å². The monoisotopic (exact) mass is 345 g/mol. The number of unbranched alkanes of at least 4 members (excludes halogenated alkanes) is 2. The van der Waals surface area contributed by atoms with Crippen LogP contribution in [0.3, 0.4) is 0 Å². The summed E-state index contributed by atoms with van der Waals surface area (Å²) in [6.07, 6.45) is 4.85. The molecule has 0 bridgehead atoms. The van der Waals surface area contributed by atoms with Crippen LogP contribution in [-0.2, 0) is 0 Å². The molecule has 1 aromatic carbocycles. The van der Waals surface area contributed by atoms with Crippen molar-refractivity contribution in [2.75, 3.05) is 13.7 Å². The SMILES string of the molecule is CCCCCOc1ccc([C@@H](C)NC(=O)c2ccoc2C)cc1OC. The van der Waals surface area contributed by atoms with Gasteiger partial charge in [0.1, 0.15) is 5.76 Å². The Kier molecular flexibility index (Phi) is 6.92. The Labute approximate surface area is 149 Å². The normalized spacial score (nSPS) is 11.8. The summed E-state index contributed by atoms with van der Waals surface area (Å²) in [5.74, 6) is 1.86. The summed E-state index contributed by atoms with van der Waals surface area (Å²) in [4.78, 5) is 12.3. The predicted octanol–water partition coefficient (Wildman–Crippen LogP) is 4.66. The first-order chi connectivity index (χ1) is 12.1. The maximum Gasteiger partial charge on any atom is 0.255 e. The van der Waals surface area contributed by atoms with Gasteiger partial charge >= 0.3 is 0 Å². The topological polar surface area (TPSA) is 60.7 Å². The second kappa shape index (κ2) is 9.16. The summed E-state index contributed by atoms with van der Waals surface area (Å²) in [6, 6.07) is 7.26. The van der Waals surface area contributed by atoms with Gasteiger partial charge in [-0.15, -0.1) is 0 Å². The van der Waals surface area contributed by atoms with E-state index in [-0.39, 0.29) is 11.9 Å². The van der Waals surface area contributed by atoms with E-state index in [1.807, 2.05) is 25.1 Å². The first-order valence-corrected chi connectivity index (χ1v) is 8.72. The molecule has 2 rings (SSSR count). The van der Waals surface area contributed by atoms with E-state index >= 15 is 0 Å². The third kappa shape index (κ3) is 5.02. The third-order valence-corrected chi connectivity index (χ3v) is 4.14. The number of carbonyl (C=O) groups excluding carboxylic acids is 1. The van der Waals surface area contributed by atoms with Crippen molar-refractivity contribution >= 4 is 5.91 Å². The molecule has 0 saturated carbocycles. The second-order valence-electron chi connectivity index (χ2n) is 6.05. The molecule has 136 valence electrons. The van der Waals surface area contributed by atoms with Gasteiger partial charge in [-0.05, 0) is 44.0 Å². The van der Waals surface area contributed by atoms with Gasteiger partial charge in [-0.25, -0.2) is 0 Å². The van der Waals surface area contributed by atoms with Crippen LogP contribution >= 0.6 is 0 Å². The molecule has 1 heterocycles. The van der Waals surface area contributed by atoms with Gasteiger partial charge in [0.2, 0.25) is 0 Å². The van der Waals surface area contributed by atoms with E-state index in [2.05, 4.69) is 12.2 Å². The fourth-order valence-corrected chi connectivity index (χ4v) is 2.59. The van der Waals surface area contributed by atoms with Crippen molar-refractivity contribution < 1.29 is 18.7 Å². The first kappa shape index (κ1) is 18.9. The molecular weight excluding hydrogens is 318 g/mol. The standard InChI is InChI=1S/C20H27NO4/c1-5-6-7-11-25-18-9-8-16(13-19(18)23-4)14(2)21-20(22)17-10-12-24-15(17)3/h8-10,12-14H,5-7,11H2,1-4H3,(H,21,22)/t14-/m1/s1. The highest BCUT2D eigenvalue weighted by atomic mass is 16.5. The van der Waals surface area contributed by atoms with Crippen LogP contribution < -0.4 is 14.8 Å². The van der Waals surface area contributed by atoms with Crippen LogP contribution in [0.1, 0.15) is 60.8 Å². The number of methoxy groups -OCH3 is 1. The van der Waals surface area contributed by atoms with E-state index in [9.17, 15) is 4.79 Å². The highest BCUT2D eigenvalue weighted by Gasteiger charge is 2.16. The Morgan fingerprint density at radius 2 is 2.04 bits per heavy atom. The number of aryl methyl sites for hydroxylation is 1. The average molecular weight is 345 g/mol. The summed E-state index contributed by atoms with van der Waals surface area (Å²) in [7, 11) is 1.62. The zero-order valence-electron chi connectivity index (χ0n) is 15.4. The Morgan fingerprint density at radius 1 is 1.24 bits per heavy atom. The fraction of sp³-hybridized carbons (Fsp3) is 0.450. The van der Waals surface area contributed by atoms with Crippen molar-refractivity contribution in [1.29, 1.82) is 0 Å².